The lowest BCUT2D eigenvalue weighted by Gasteiger charge is -2.37. The summed E-state index contributed by atoms with van der Waals surface area (Å²) < 4.78 is 0. The fourth-order valence-corrected chi connectivity index (χ4v) is 2.87. The molecule has 0 amide bonds. The van der Waals surface area contributed by atoms with Gasteiger partial charge in [0.15, 0.2) is 0 Å². The molecule has 1 fully saturated rings. The summed E-state index contributed by atoms with van der Waals surface area (Å²) in [5.74, 6) is 1.86. The van der Waals surface area contributed by atoms with Gasteiger partial charge in [0.25, 0.3) is 0 Å². The third-order valence-electron chi connectivity index (χ3n) is 3.72. The van der Waals surface area contributed by atoms with E-state index in [9.17, 15) is 0 Å². The van der Waals surface area contributed by atoms with Crippen molar-refractivity contribution in [3.63, 3.8) is 0 Å². The van der Waals surface area contributed by atoms with Crippen LogP contribution in [0.15, 0.2) is 6.07 Å². The van der Waals surface area contributed by atoms with E-state index >= 15 is 0 Å². The van der Waals surface area contributed by atoms with Crippen LogP contribution < -0.4 is 10.2 Å². The van der Waals surface area contributed by atoms with E-state index in [1.165, 1.54) is 32.1 Å². The van der Waals surface area contributed by atoms with Crippen LogP contribution in [0.25, 0.3) is 0 Å². The highest BCUT2D eigenvalue weighted by Crippen LogP contribution is 2.26. The van der Waals surface area contributed by atoms with Crippen LogP contribution in [-0.4, -0.2) is 29.1 Å². The van der Waals surface area contributed by atoms with Gasteiger partial charge in [0.1, 0.15) is 5.82 Å². The van der Waals surface area contributed by atoms with Crippen molar-refractivity contribution in [2.45, 2.75) is 58.9 Å². The average Bonchev–Trinajstić information content (AvgIpc) is 2.39. The Bertz CT molecular complexity index is 403. The molecule has 106 valence electrons. The molecule has 1 unspecified atom stereocenters. The number of piperidine rings is 1. The maximum atomic E-state index is 4.68. The lowest BCUT2D eigenvalue weighted by atomic mass is 9.98. The molecule has 0 bridgehead atoms. The molecule has 4 heteroatoms. The van der Waals surface area contributed by atoms with Crippen LogP contribution in [0.1, 0.15) is 51.6 Å². The second-order valence-electron chi connectivity index (χ2n) is 5.35. The Balaban J connectivity index is 2.22. The molecular weight excluding hydrogens is 236 g/mol. The minimum absolute atomic E-state index is 0.655. The van der Waals surface area contributed by atoms with Crippen LogP contribution in [0, 0.1) is 6.92 Å². The van der Waals surface area contributed by atoms with E-state index in [1.807, 2.05) is 6.92 Å². The SMILES string of the molecule is CCCC1CCCCN1c1cc(C)nc(NCC)n1. The number of nitrogens with one attached hydrogen (secondary N) is 1. The molecule has 1 aromatic rings. The fraction of sp³-hybridized carbons (Fsp3) is 0.733. The monoisotopic (exact) mass is 262 g/mol. The largest absolute Gasteiger partial charge is 0.354 e. The van der Waals surface area contributed by atoms with E-state index in [0.717, 1.165) is 30.5 Å². The number of anilines is 2. The highest BCUT2D eigenvalue weighted by atomic mass is 15.2. The number of nitrogens with zero attached hydrogens (tertiary/aromatic N) is 3. The first kappa shape index (κ1) is 14.1. The second kappa shape index (κ2) is 6.73. The highest BCUT2D eigenvalue weighted by Gasteiger charge is 2.23. The summed E-state index contributed by atoms with van der Waals surface area (Å²) in [6.45, 7) is 8.38. The molecule has 4 nitrogen and oxygen atoms in total. The van der Waals surface area contributed by atoms with E-state index in [-0.39, 0.29) is 0 Å². The Morgan fingerprint density at radius 1 is 1.32 bits per heavy atom. The van der Waals surface area contributed by atoms with Gasteiger partial charge in [-0.15, -0.1) is 0 Å². The van der Waals surface area contributed by atoms with Gasteiger partial charge in [-0.3, -0.25) is 0 Å². The van der Waals surface area contributed by atoms with E-state index < -0.39 is 0 Å². The molecule has 0 aromatic carbocycles. The summed E-state index contributed by atoms with van der Waals surface area (Å²) in [6, 6.07) is 2.77. The lowest BCUT2D eigenvalue weighted by Crippen LogP contribution is -2.40. The zero-order valence-corrected chi connectivity index (χ0v) is 12.4. The van der Waals surface area contributed by atoms with Crippen molar-refractivity contribution in [3.05, 3.63) is 11.8 Å². The first-order valence-electron chi connectivity index (χ1n) is 7.60. The van der Waals surface area contributed by atoms with Gasteiger partial charge in [0, 0.05) is 30.9 Å². The minimum Gasteiger partial charge on any atom is -0.354 e. The Kier molecular flexibility index (Phi) is 5.00. The van der Waals surface area contributed by atoms with Crippen LogP contribution in [-0.2, 0) is 0 Å². The van der Waals surface area contributed by atoms with Crippen molar-refractivity contribution in [1.82, 2.24) is 9.97 Å². The predicted octanol–water partition coefficient (Wildman–Crippen LogP) is 3.38. The summed E-state index contributed by atoms with van der Waals surface area (Å²) in [5.41, 5.74) is 1.04. The molecule has 0 saturated carbocycles. The molecule has 0 spiro atoms. The molecule has 1 aliphatic heterocycles. The standard InChI is InChI=1S/C15H26N4/c1-4-8-13-9-6-7-10-19(13)14-11-12(3)17-15(18-14)16-5-2/h11,13H,4-10H2,1-3H3,(H,16,17,18). The summed E-state index contributed by atoms with van der Waals surface area (Å²) in [4.78, 5) is 11.6. The third kappa shape index (κ3) is 3.58. The summed E-state index contributed by atoms with van der Waals surface area (Å²) in [5, 5.41) is 3.23. The van der Waals surface area contributed by atoms with Gasteiger partial charge in [-0.2, -0.15) is 4.98 Å². The van der Waals surface area contributed by atoms with Gasteiger partial charge in [0.2, 0.25) is 5.95 Å². The zero-order chi connectivity index (χ0) is 13.7. The number of rotatable bonds is 5. The fourth-order valence-electron chi connectivity index (χ4n) is 2.87. The van der Waals surface area contributed by atoms with Crippen molar-refractivity contribution in [1.29, 1.82) is 0 Å². The average molecular weight is 262 g/mol. The van der Waals surface area contributed by atoms with Crippen molar-refractivity contribution in [2.75, 3.05) is 23.3 Å². The van der Waals surface area contributed by atoms with E-state index in [0.29, 0.717) is 6.04 Å². The molecule has 1 aromatic heterocycles. The van der Waals surface area contributed by atoms with Crippen LogP contribution in [0.4, 0.5) is 11.8 Å². The molecule has 2 heterocycles. The summed E-state index contributed by atoms with van der Waals surface area (Å²) in [7, 11) is 0. The third-order valence-corrected chi connectivity index (χ3v) is 3.72. The van der Waals surface area contributed by atoms with Crippen LogP contribution in [0.2, 0.25) is 0 Å². The number of aromatic nitrogens is 2. The first-order valence-corrected chi connectivity index (χ1v) is 7.60. The smallest absolute Gasteiger partial charge is 0.224 e. The molecular formula is C15H26N4. The van der Waals surface area contributed by atoms with Gasteiger partial charge in [-0.1, -0.05) is 13.3 Å². The normalized spacial score (nSPS) is 19.5. The van der Waals surface area contributed by atoms with E-state index in [1.54, 1.807) is 0 Å². The predicted molar refractivity (Wildman–Crippen MR) is 80.8 cm³/mol. The molecule has 0 aliphatic carbocycles. The van der Waals surface area contributed by atoms with Gasteiger partial charge < -0.3 is 10.2 Å². The van der Waals surface area contributed by atoms with Crippen molar-refractivity contribution in [3.8, 4) is 0 Å². The summed E-state index contributed by atoms with van der Waals surface area (Å²) >= 11 is 0. The lowest BCUT2D eigenvalue weighted by molar-refractivity contribution is 0.431. The molecule has 1 atom stereocenters. The second-order valence-corrected chi connectivity index (χ2v) is 5.35. The molecule has 0 radical (unpaired) electrons. The van der Waals surface area contributed by atoms with Crippen molar-refractivity contribution in [2.24, 2.45) is 0 Å². The number of aryl methyl sites for hydroxylation is 1. The number of hydrogen-bond acceptors (Lipinski definition) is 4. The Morgan fingerprint density at radius 2 is 2.16 bits per heavy atom. The van der Waals surface area contributed by atoms with Gasteiger partial charge in [-0.25, -0.2) is 4.98 Å². The molecule has 1 saturated heterocycles. The summed E-state index contributed by atoms with van der Waals surface area (Å²) in [6.07, 6.45) is 6.43. The highest BCUT2D eigenvalue weighted by molar-refractivity contribution is 5.46. The first-order chi connectivity index (χ1) is 9.24. The minimum atomic E-state index is 0.655. The van der Waals surface area contributed by atoms with Gasteiger partial charge >= 0.3 is 0 Å². The van der Waals surface area contributed by atoms with Crippen LogP contribution in [0.5, 0.6) is 0 Å². The van der Waals surface area contributed by atoms with Crippen LogP contribution in [0.3, 0.4) is 0 Å². The zero-order valence-electron chi connectivity index (χ0n) is 12.4. The van der Waals surface area contributed by atoms with E-state index in [4.69, 9.17) is 0 Å². The van der Waals surface area contributed by atoms with Crippen LogP contribution >= 0.6 is 0 Å². The Morgan fingerprint density at radius 3 is 2.89 bits per heavy atom. The molecule has 1 N–H and O–H groups in total. The maximum absolute atomic E-state index is 4.68. The molecule has 19 heavy (non-hydrogen) atoms. The topological polar surface area (TPSA) is 41.1 Å². The van der Waals surface area contributed by atoms with E-state index in [2.05, 4.69) is 40.1 Å². The maximum Gasteiger partial charge on any atom is 0.224 e. The quantitative estimate of drug-likeness (QED) is 0.883. The van der Waals surface area contributed by atoms with Gasteiger partial charge in [-0.05, 0) is 39.5 Å². The molecule has 1 aliphatic rings. The number of hydrogen-bond donors (Lipinski definition) is 1. The Hall–Kier alpha value is -1.32. The Labute approximate surface area is 116 Å². The van der Waals surface area contributed by atoms with Crippen molar-refractivity contribution >= 4 is 11.8 Å². The van der Waals surface area contributed by atoms with Crippen molar-refractivity contribution < 1.29 is 0 Å². The molecule has 2 rings (SSSR count). The van der Waals surface area contributed by atoms with Gasteiger partial charge in [0.05, 0.1) is 0 Å².